The molecule has 1 aliphatic carbocycles. The van der Waals surface area contributed by atoms with Crippen molar-refractivity contribution in [2.24, 2.45) is 0 Å². The van der Waals surface area contributed by atoms with E-state index in [9.17, 15) is 19.2 Å². The molecular weight excluding hydrogens is 408 g/mol. The third kappa shape index (κ3) is 11.4. The van der Waals surface area contributed by atoms with Crippen LogP contribution >= 0.6 is 0 Å². The molecule has 6 heteroatoms. The van der Waals surface area contributed by atoms with Gasteiger partial charge in [-0.2, -0.15) is 0 Å². The number of aldehydes is 1. The van der Waals surface area contributed by atoms with E-state index in [2.05, 4.69) is 19.1 Å². The summed E-state index contributed by atoms with van der Waals surface area (Å²) in [5.41, 5.74) is 1.02. The zero-order valence-electron chi connectivity index (χ0n) is 20.1. The molecule has 1 saturated heterocycles. The molecule has 0 unspecified atom stereocenters. The lowest BCUT2D eigenvalue weighted by molar-refractivity contribution is -0.222. The zero-order chi connectivity index (χ0) is 23.8. The molecular formula is C26H40O6. The van der Waals surface area contributed by atoms with E-state index in [4.69, 9.17) is 9.47 Å². The molecule has 0 amide bonds. The first-order valence-corrected chi connectivity index (χ1v) is 12.1. The van der Waals surface area contributed by atoms with Gasteiger partial charge in [0.25, 0.3) is 5.79 Å². The van der Waals surface area contributed by atoms with Crippen LogP contribution in [0.25, 0.3) is 0 Å². The fourth-order valence-electron chi connectivity index (χ4n) is 3.78. The van der Waals surface area contributed by atoms with Gasteiger partial charge in [-0.05, 0) is 63.9 Å². The summed E-state index contributed by atoms with van der Waals surface area (Å²) in [5.74, 6) is -1.88. The van der Waals surface area contributed by atoms with Crippen molar-refractivity contribution in [2.75, 3.05) is 0 Å². The Kier molecular flexibility index (Phi) is 13.5. The number of hydrogen-bond acceptors (Lipinski definition) is 6. The Morgan fingerprint density at radius 2 is 1.44 bits per heavy atom. The van der Waals surface area contributed by atoms with Crippen LogP contribution in [0.4, 0.5) is 0 Å². The summed E-state index contributed by atoms with van der Waals surface area (Å²) < 4.78 is 10.1. The highest BCUT2D eigenvalue weighted by Crippen LogP contribution is 2.32. The Morgan fingerprint density at radius 3 is 2.03 bits per heavy atom. The molecule has 1 saturated carbocycles. The van der Waals surface area contributed by atoms with Crippen LogP contribution in [0.1, 0.15) is 111 Å². The molecule has 6 nitrogen and oxygen atoms in total. The van der Waals surface area contributed by atoms with Crippen molar-refractivity contribution in [1.29, 1.82) is 0 Å². The molecule has 180 valence electrons. The average Bonchev–Trinajstić information content (AvgIpc) is 3.23. The van der Waals surface area contributed by atoms with Gasteiger partial charge in [0.05, 0.1) is 0 Å². The Labute approximate surface area is 192 Å². The van der Waals surface area contributed by atoms with Crippen LogP contribution in [0, 0.1) is 0 Å². The maximum absolute atomic E-state index is 11.6. The molecule has 0 aromatic rings. The molecule has 1 heterocycles. The van der Waals surface area contributed by atoms with Gasteiger partial charge in [0, 0.05) is 33.1 Å². The summed E-state index contributed by atoms with van der Waals surface area (Å²) in [6.45, 7) is 5.16. The highest BCUT2D eigenvalue weighted by atomic mass is 16.7. The van der Waals surface area contributed by atoms with Crippen molar-refractivity contribution in [3.8, 4) is 0 Å². The van der Waals surface area contributed by atoms with Crippen LogP contribution in [0.2, 0.25) is 0 Å². The van der Waals surface area contributed by atoms with Crippen molar-refractivity contribution < 1.29 is 28.7 Å². The molecule has 0 bridgehead atoms. The SMILES string of the molecule is CC1(C)OC(=O)C(=C2CCCC2)C(=O)O1.CC=CCCCCCCCC(=O)CCCC=O. The number of hydrogen-bond donors (Lipinski definition) is 0. The largest absolute Gasteiger partial charge is 0.419 e. The number of unbranched alkanes of at least 4 members (excludes halogenated alkanes) is 6. The molecule has 2 aliphatic rings. The van der Waals surface area contributed by atoms with Crippen LogP contribution in [0.5, 0.6) is 0 Å². The highest BCUT2D eigenvalue weighted by molar-refractivity contribution is 6.16. The average molecular weight is 449 g/mol. The Morgan fingerprint density at radius 1 is 0.875 bits per heavy atom. The molecule has 2 fully saturated rings. The smallest absolute Gasteiger partial charge is 0.348 e. The second-order valence-corrected chi connectivity index (χ2v) is 8.84. The molecule has 0 N–H and O–H groups in total. The van der Waals surface area contributed by atoms with Crippen molar-refractivity contribution in [3.63, 3.8) is 0 Å². The van der Waals surface area contributed by atoms with E-state index in [1.165, 1.54) is 25.7 Å². The molecule has 0 radical (unpaired) electrons. The van der Waals surface area contributed by atoms with Gasteiger partial charge >= 0.3 is 11.9 Å². The van der Waals surface area contributed by atoms with Gasteiger partial charge in [-0.1, -0.05) is 31.4 Å². The van der Waals surface area contributed by atoms with Gasteiger partial charge in [0.1, 0.15) is 17.6 Å². The molecule has 0 atom stereocenters. The second-order valence-electron chi connectivity index (χ2n) is 8.84. The van der Waals surface area contributed by atoms with Crippen molar-refractivity contribution in [2.45, 2.75) is 116 Å². The minimum absolute atomic E-state index is 0.131. The number of rotatable bonds is 12. The summed E-state index contributed by atoms with van der Waals surface area (Å²) in [6.07, 6.45) is 18.5. The van der Waals surface area contributed by atoms with E-state index in [1.54, 1.807) is 13.8 Å². The van der Waals surface area contributed by atoms with Gasteiger partial charge in [0.15, 0.2) is 0 Å². The van der Waals surface area contributed by atoms with E-state index in [0.29, 0.717) is 25.0 Å². The molecule has 0 aromatic heterocycles. The fourth-order valence-corrected chi connectivity index (χ4v) is 3.78. The normalized spacial score (nSPS) is 17.6. The predicted octanol–water partition coefficient (Wildman–Crippen LogP) is 5.92. The molecule has 0 spiro atoms. The van der Waals surface area contributed by atoms with Crippen molar-refractivity contribution in [3.05, 3.63) is 23.3 Å². The van der Waals surface area contributed by atoms with E-state index in [1.807, 2.05) is 0 Å². The third-order valence-electron chi connectivity index (χ3n) is 5.49. The van der Waals surface area contributed by atoms with Crippen molar-refractivity contribution >= 4 is 24.0 Å². The molecule has 2 rings (SSSR count). The number of carbonyl (C=O) groups is 4. The van der Waals surface area contributed by atoms with Gasteiger partial charge in [-0.3, -0.25) is 4.79 Å². The Bertz CT molecular complexity index is 656. The number of allylic oxidation sites excluding steroid dienone is 3. The van der Waals surface area contributed by atoms with E-state index in [0.717, 1.165) is 56.8 Å². The maximum Gasteiger partial charge on any atom is 0.348 e. The first-order valence-electron chi connectivity index (χ1n) is 12.1. The number of Topliss-reactive ketones (excluding diaryl/α,β-unsaturated/α-hetero) is 1. The van der Waals surface area contributed by atoms with Gasteiger partial charge in [-0.25, -0.2) is 9.59 Å². The van der Waals surface area contributed by atoms with Crippen molar-refractivity contribution in [1.82, 2.24) is 0 Å². The third-order valence-corrected chi connectivity index (χ3v) is 5.49. The maximum atomic E-state index is 11.6. The summed E-state index contributed by atoms with van der Waals surface area (Å²) in [6, 6.07) is 0. The van der Waals surface area contributed by atoms with Crippen LogP contribution < -0.4 is 0 Å². The Balaban J connectivity index is 0.000000321. The molecule has 32 heavy (non-hydrogen) atoms. The summed E-state index contributed by atoms with van der Waals surface area (Å²) >= 11 is 0. The monoisotopic (exact) mass is 448 g/mol. The van der Waals surface area contributed by atoms with Crippen LogP contribution in [0.3, 0.4) is 0 Å². The lowest BCUT2D eigenvalue weighted by atomic mass is 10.0. The lowest BCUT2D eigenvalue weighted by Crippen LogP contribution is -2.42. The topological polar surface area (TPSA) is 86.7 Å². The standard InChI is InChI=1S/C15H26O2.C11H14O4/c1-2-3-4-5-6-7-8-9-12-15(17)13-10-11-14-16;1-11(2)14-9(12)8(10(13)15-11)7-5-3-4-6-7/h2-3,14H,4-13H2,1H3;3-6H2,1-2H3. The first-order chi connectivity index (χ1) is 15.3. The summed E-state index contributed by atoms with van der Waals surface area (Å²) in [7, 11) is 0. The Hall–Kier alpha value is -2.24. The molecule has 0 aromatic carbocycles. The number of carbonyl (C=O) groups excluding carboxylic acids is 4. The zero-order valence-corrected chi connectivity index (χ0v) is 20.1. The van der Waals surface area contributed by atoms with Gasteiger partial charge < -0.3 is 14.3 Å². The number of cyclic esters (lactones) is 2. The van der Waals surface area contributed by atoms with Crippen LogP contribution in [-0.2, 0) is 28.7 Å². The lowest BCUT2D eigenvalue weighted by Gasteiger charge is -2.30. The summed E-state index contributed by atoms with van der Waals surface area (Å²) in [5, 5.41) is 0. The van der Waals surface area contributed by atoms with E-state index >= 15 is 0 Å². The van der Waals surface area contributed by atoms with E-state index < -0.39 is 17.7 Å². The predicted molar refractivity (Wildman–Crippen MR) is 124 cm³/mol. The number of ketones is 1. The fraction of sp³-hybridized carbons (Fsp3) is 0.692. The van der Waals surface area contributed by atoms with Crippen LogP contribution in [-0.4, -0.2) is 29.8 Å². The van der Waals surface area contributed by atoms with Gasteiger partial charge in [-0.15, -0.1) is 0 Å². The first kappa shape index (κ1) is 27.8. The quantitative estimate of drug-likeness (QED) is 0.0919. The number of esters is 2. The number of ether oxygens (including phenoxy) is 2. The minimum atomic E-state index is -1.13. The second kappa shape index (κ2) is 15.5. The highest BCUT2D eigenvalue weighted by Gasteiger charge is 2.40. The molecule has 1 aliphatic heterocycles. The summed E-state index contributed by atoms with van der Waals surface area (Å²) in [4.78, 5) is 44.7. The van der Waals surface area contributed by atoms with Gasteiger partial charge in [0.2, 0.25) is 0 Å². The minimum Gasteiger partial charge on any atom is -0.419 e. The van der Waals surface area contributed by atoms with Crippen LogP contribution in [0.15, 0.2) is 23.3 Å². The van der Waals surface area contributed by atoms with E-state index in [-0.39, 0.29) is 5.57 Å².